The first-order chi connectivity index (χ1) is 28.0. The maximum Gasteiger partial charge on any atom is 0.0994 e. The molecule has 0 bridgehead atoms. The molecule has 0 amide bonds. The molecule has 294 valence electrons. The summed E-state index contributed by atoms with van der Waals surface area (Å²) in [5.74, 6) is 16.0. The number of unbranched alkanes of at least 4 members (excludes halogenated alkanes) is 2. The van der Waals surface area contributed by atoms with Crippen LogP contribution in [0.3, 0.4) is 0 Å². The molecule has 2 heteroatoms. The lowest BCUT2D eigenvalue weighted by atomic mass is 9.78. The molecular weight excluding hydrogens is 689 g/mol. The Morgan fingerprint density at radius 2 is 0.895 bits per heavy atom. The van der Waals surface area contributed by atoms with E-state index in [4.69, 9.17) is 0 Å². The molecule has 0 N–H and O–H groups in total. The minimum atomic E-state index is 0.482. The molecule has 2 fully saturated rings. The van der Waals surface area contributed by atoms with E-state index in [0.717, 1.165) is 78.3 Å². The Bertz CT molecular complexity index is 2050. The van der Waals surface area contributed by atoms with Crippen molar-refractivity contribution >= 4 is 0 Å². The quantitative estimate of drug-likeness (QED) is 0.143. The Morgan fingerprint density at radius 3 is 1.26 bits per heavy atom. The van der Waals surface area contributed by atoms with Crippen molar-refractivity contribution in [3.8, 4) is 35.8 Å². The summed E-state index contributed by atoms with van der Waals surface area (Å²) in [7, 11) is 0. The van der Waals surface area contributed by atoms with Crippen LogP contribution >= 0.6 is 0 Å². The van der Waals surface area contributed by atoms with Gasteiger partial charge in [-0.05, 0) is 159 Å². The summed E-state index contributed by atoms with van der Waals surface area (Å²) >= 11 is 0. The van der Waals surface area contributed by atoms with E-state index in [1.165, 1.54) is 86.5 Å². The maximum atomic E-state index is 9.45. The molecule has 2 nitrogen and oxygen atoms in total. The lowest BCUT2D eigenvalue weighted by Crippen LogP contribution is -2.12. The van der Waals surface area contributed by atoms with Crippen molar-refractivity contribution in [2.45, 2.75) is 149 Å². The molecule has 57 heavy (non-hydrogen) atoms. The molecular formula is C55H64N2. The van der Waals surface area contributed by atoms with E-state index in [9.17, 15) is 10.5 Å². The van der Waals surface area contributed by atoms with Gasteiger partial charge in [-0.15, -0.1) is 0 Å². The Hall–Kier alpha value is -5.02. The van der Waals surface area contributed by atoms with Crippen molar-refractivity contribution in [1.82, 2.24) is 0 Å². The fourth-order valence-corrected chi connectivity index (χ4v) is 8.47. The van der Waals surface area contributed by atoms with Gasteiger partial charge in [-0.25, -0.2) is 0 Å². The van der Waals surface area contributed by atoms with Crippen molar-refractivity contribution < 1.29 is 0 Å². The summed E-state index contributed by atoms with van der Waals surface area (Å²) in [6.45, 7) is 8.80. The molecule has 2 saturated carbocycles. The predicted molar refractivity (Wildman–Crippen MR) is 239 cm³/mol. The van der Waals surface area contributed by atoms with Crippen molar-refractivity contribution in [2.75, 3.05) is 0 Å². The van der Waals surface area contributed by atoms with Gasteiger partial charge in [-0.1, -0.05) is 131 Å². The number of hydrogen-bond acceptors (Lipinski definition) is 2. The molecule has 0 atom stereocenters. The monoisotopic (exact) mass is 753 g/mol. The topological polar surface area (TPSA) is 47.6 Å². The highest BCUT2D eigenvalue weighted by atomic mass is 14.3. The summed E-state index contributed by atoms with van der Waals surface area (Å²) in [5.41, 5.74) is 11.7. The largest absolute Gasteiger partial charge is 0.192 e. The summed E-state index contributed by atoms with van der Waals surface area (Å²) in [4.78, 5) is 0. The van der Waals surface area contributed by atoms with Crippen LogP contribution in [0, 0.1) is 58.2 Å². The fraction of sp³-hybridized carbons (Fsp3) is 0.455. The summed E-state index contributed by atoms with van der Waals surface area (Å²) in [6.07, 6.45) is 19.6. The van der Waals surface area contributed by atoms with Crippen LogP contribution in [0.25, 0.3) is 0 Å². The number of nitrogens with zero attached hydrogens (tertiary/aromatic N) is 2. The predicted octanol–water partition coefficient (Wildman–Crippen LogP) is 14.0. The molecule has 2 aliphatic rings. The summed E-state index contributed by atoms with van der Waals surface area (Å²) in [6, 6.07) is 35.5. The van der Waals surface area contributed by atoms with Crippen LogP contribution in [-0.4, -0.2) is 0 Å². The van der Waals surface area contributed by atoms with Crippen LogP contribution in [-0.2, 0) is 25.7 Å². The Labute approximate surface area is 346 Å². The second kappa shape index (κ2) is 23.3. The van der Waals surface area contributed by atoms with Crippen molar-refractivity contribution in [1.29, 1.82) is 10.5 Å². The van der Waals surface area contributed by atoms with E-state index >= 15 is 0 Å². The Balaban J connectivity index is 0.000000218. The zero-order valence-electron chi connectivity index (χ0n) is 35.3. The molecule has 0 unspecified atom stereocenters. The number of rotatable bonds is 11. The molecule has 4 aromatic carbocycles. The van der Waals surface area contributed by atoms with Gasteiger partial charge in [0.25, 0.3) is 0 Å². The number of hydrogen-bond donors (Lipinski definition) is 0. The van der Waals surface area contributed by atoms with Gasteiger partial charge in [0.05, 0.1) is 23.3 Å². The smallest absolute Gasteiger partial charge is 0.0994 e. The van der Waals surface area contributed by atoms with E-state index < -0.39 is 0 Å². The molecule has 0 heterocycles. The van der Waals surface area contributed by atoms with Crippen LogP contribution in [0.15, 0.2) is 84.9 Å². The molecule has 6 rings (SSSR count). The van der Waals surface area contributed by atoms with E-state index in [1.54, 1.807) is 0 Å². The van der Waals surface area contributed by atoms with Gasteiger partial charge in [-0.2, -0.15) is 10.5 Å². The van der Waals surface area contributed by atoms with Crippen LogP contribution in [0.5, 0.6) is 0 Å². The van der Waals surface area contributed by atoms with Crippen molar-refractivity contribution in [2.24, 2.45) is 11.8 Å². The Morgan fingerprint density at radius 1 is 0.474 bits per heavy atom. The molecule has 4 aromatic rings. The van der Waals surface area contributed by atoms with Gasteiger partial charge in [0.2, 0.25) is 0 Å². The second-order valence-corrected chi connectivity index (χ2v) is 16.4. The van der Waals surface area contributed by atoms with E-state index in [1.807, 2.05) is 12.1 Å². The number of aryl methyl sites for hydroxylation is 4. The highest BCUT2D eigenvalue weighted by molar-refractivity contribution is 5.48. The molecule has 0 spiro atoms. The minimum absolute atomic E-state index is 0.482. The lowest BCUT2D eigenvalue weighted by molar-refractivity contribution is 0.384. The SMILES string of the molecule is CCCCc1ccc(C#CC2CCC(c3ccc(CC)cc3)CC2)cc1C#N.CCCCc1ccc(C#CC2CCC(c3ccc(CCC)cc3)CC2)cc1C#N. The van der Waals surface area contributed by atoms with Gasteiger partial charge >= 0.3 is 0 Å². The lowest BCUT2D eigenvalue weighted by Gasteiger charge is -2.26. The maximum absolute atomic E-state index is 9.45. The van der Waals surface area contributed by atoms with E-state index in [0.29, 0.717) is 23.7 Å². The average Bonchev–Trinajstić information content (AvgIpc) is 3.27. The van der Waals surface area contributed by atoms with Gasteiger partial charge in [-0.3, -0.25) is 0 Å². The number of nitriles is 2. The highest BCUT2D eigenvalue weighted by Gasteiger charge is 2.22. The minimum Gasteiger partial charge on any atom is -0.192 e. The Kier molecular flexibility index (Phi) is 17.6. The third-order valence-corrected chi connectivity index (χ3v) is 12.2. The van der Waals surface area contributed by atoms with Gasteiger partial charge < -0.3 is 0 Å². The standard InChI is InChI=1S/C28H33N.C27H31N/c1-3-5-7-25-19-14-24(20-28(25)21-29)9-8-23-12-17-27(18-13-23)26-15-10-22(6-4-2)11-16-26;1-3-5-6-24-18-13-23(19-27(24)20-28)8-7-22-11-16-26(17-12-22)25-14-9-21(4-2)10-15-25/h10-11,14-16,19-20,23,27H,3-7,12-13,17-18H2,1-2H3;9-10,13-15,18-19,22,26H,3-6,11-12,16-17H2,1-2H3. The van der Waals surface area contributed by atoms with Gasteiger partial charge in [0.1, 0.15) is 0 Å². The van der Waals surface area contributed by atoms with Crippen LogP contribution in [0.2, 0.25) is 0 Å². The first-order valence-corrected chi connectivity index (χ1v) is 22.2. The van der Waals surface area contributed by atoms with Crippen LogP contribution in [0.1, 0.15) is 179 Å². The third-order valence-electron chi connectivity index (χ3n) is 12.2. The zero-order chi connectivity index (χ0) is 40.2. The number of benzene rings is 4. The van der Waals surface area contributed by atoms with Crippen molar-refractivity contribution in [3.05, 3.63) is 141 Å². The molecule has 0 saturated heterocycles. The molecule has 2 aliphatic carbocycles. The van der Waals surface area contributed by atoms with E-state index in [-0.39, 0.29) is 0 Å². The molecule has 0 aromatic heterocycles. The van der Waals surface area contributed by atoms with Crippen LogP contribution in [0.4, 0.5) is 0 Å². The third kappa shape index (κ3) is 13.3. The normalized spacial score (nSPS) is 18.6. The first kappa shape index (κ1) is 43.1. The van der Waals surface area contributed by atoms with Gasteiger partial charge in [0, 0.05) is 23.0 Å². The zero-order valence-corrected chi connectivity index (χ0v) is 35.3. The van der Waals surface area contributed by atoms with E-state index in [2.05, 4.69) is 136 Å². The second-order valence-electron chi connectivity index (χ2n) is 16.4. The van der Waals surface area contributed by atoms with Gasteiger partial charge in [0.15, 0.2) is 0 Å². The average molecular weight is 753 g/mol. The summed E-state index contributed by atoms with van der Waals surface area (Å²) < 4.78 is 0. The molecule has 0 radical (unpaired) electrons. The highest BCUT2D eigenvalue weighted by Crippen LogP contribution is 2.37. The first-order valence-electron chi connectivity index (χ1n) is 22.2. The summed E-state index contributed by atoms with van der Waals surface area (Å²) in [5, 5.41) is 18.9. The molecule has 0 aliphatic heterocycles. The van der Waals surface area contributed by atoms with Crippen molar-refractivity contribution in [3.63, 3.8) is 0 Å². The van der Waals surface area contributed by atoms with Crippen LogP contribution < -0.4 is 0 Å². The fourth-order valence-electron chi connectivity index (χ4n) is 8.47.